The van der Waals surface area contributed by atoms with Crippen molar-refractivity contribution in [3.8, 4) is 11.4 Å². The zero-order valence-electron chi connectivity index (χ0n) is 16.8. The van der Waals surface area contributed by atoms with Crippen molar-refractivity contribution in [1.82, 2.24) is 20.3 Å². The summed E-state index contributed by atoms with van der Waals surface area (Å²) in [6, 6.07) is 13.8. The molecule has 0 atom stereocenters. The number of carbonyl (C=O) groups excluding carboxylic acids is 2. The van der Waals surface area contributed by atoms with Gasteiger partial charge in [0.2, 0.25) is 0 Å². The molecule has 0 bridgehead atoms. The number of hydrogen-bond acceptors (Lipinski definition) is 5. The Hall–Kier alpha value is -3.89. The van der Waals surface area contributed by atoms with E-state index in [1.165, 1.54) is 29.1 Å². The van der Waals surface area contributed by atoms with Crippen molar-refractivity contribution in [1.29, 1.82) is 0 Å². The fourth-order valence-electron chi connectivity index (χ4n) is 2.84. The summed E-state index contributed by atoms with van der Waals surface area (Å²) in [7, 11) is 0. The van der Waals surface area contributed by atoms with Crippen LogP contribution >= 0.6 is 0 Å². The van der Waals surface area contributed by atoms with E-state index in [-0.39, 0.29) is 23.6 Å². The second-order valence-electron chi connectivity index (χ2n) is 6.83. The summed E-state index contributed by atoms with van der Waals surface area (Å²) in [5.74, 6) is -1.48. The molecule has 0 aliphatic rings. The Kier molecular flexibility index (Phi) is 7.08. The predicted octanol–water partition coefficient (Wildman–Crippen LogP) is 2.67. The van der Waals surface area contributed by atoms with E-state index in [0.29, 0.717) is 12.1 Å². The highest BCUT2D eigenvalue weighted by atomic mass is 19.4. The van der Waals surface area contributed by atoms with E-state index in [2.05, 4.69) is 10.3 Å². The Labute approximate surface area is 181 Å². The van der Waals surface area contributed by atoms with Crippen LogP contribution in [0.2, 0.25) is 0 Å². The van der Waals surface area contributed by atoms with Crippen LogP contribution in [0, 0.1) is 0 Å². The summed E-state index contributed by atoms with van der Waals surface area (Å²) in [6.07, 6.45) is -1.84. The number of halogens is 3. The maximum Gasteiger partial charge on any atom is 0.405 e. The maximum atomic E-state index is 12.4. The quantitative estimate of drug-likeness (QED) is 0.490. The van der Waals surface area contributed by atoms with Crippen molar-refractivity contribution in [2.45, 2.75) is 19.0 Å². The molecule has 1 heterocycles. The molecule has 0 saturated heterocycles. The number of alkyl halides is 3. The van der Waals surface area contributed by atoms with Gasteiger partial charge in [-0.25, -0.2) is 4.68 Å². The molecule has 0 saturated carbocycles. The molecule has 2 amide bonds. The zero-order chi connectivity index (χ0) is 23.1. The molecule has 3 N–H and O–H groups in total. The molecule has 3 rings (SSSR count). The lowest BCUT2D eigenvalue weighted by Crippen LogP contribution is -2.33. The van der Waals surface area contributed by atoms with Gasteiger partial charge >= 0.3 is 6.18 Å². The summed E-state index contributed by atoms with van der Waals surface area (Å²) in [5.41, 5.74) is 6.57. The molecule has 3 aromatic rings. The van der Waals surface area contributed by atoms with Crippen LogP contribution in [-0.4, -0.2) is 46.1 Å². The molecule has 32 heavy (non-hydrogen) atoms. The molecule has 11 heteroatoms. The Bertz CT molecular complexity index is 1080. The van der Waals surface area contributed by atoms with E-state index >= 15 is 0 Å². The first-order chi connectivity index (χ1) is 15.2. The number of ether oxygens (including phenoxy) is 1. The number of nitrogens with two attached hydrogens (primary N) is 1. The van der Waals surface area contributed by atoms with Crippen molar-refractivity contribution in [2.75, 3.05) is 13.2 Å². The summed E-state index contributed by atoms with van der Waals surface area (Å²) in [5, 5.41) is 9.30. The first-order valence-corrected chi connectivity index (χ1v) is 9.61. The van der Waals surface area contributed by atoms with Gasteiger partial charge in [0.1, 0.15) is 18.0 Å². The van der Waals surface area contributed by atoms with Gasteiger partial charge in [0, 0.05) is 5.56 Å². The molecule has 0 radical (unpaired) electrons. The lowest BCUT2D eigenvalue weighted by molar-refractivity contribution is -0.123. The molecular formula is C21H20F3N5O3. The van der Waals surface area contributed by atoms with Gasteiger partial charge in [0.15, 0.2) is 5.69 Å². The number of benzene rings is 2. The topological polar surface area (TPSA) is 112 Å². The number of primary amides is 1. The molecule has 8 nitrogen and oxygen atoms in total. The fraction of sp³-hybridized carbons (Fsp3) is 0.238. The average molecular weight is 447 g/mol. The number of nitrogens with zero attached hydrogens (tertiary/aromatic N) is 3. The summed E-state index contributed by atoms with van der Waals surface area (Å²) < 4.78 is 44.3. The molecule has 168 valence electrons. The van der Waals surface area contributed by atoms with Crippen molar-refractivity contribution < 1.29 is 27.5 Å². The molecular weight excluding hydrogens is 427 g/mol. The van der Waals surface area contributed by atoms with Crippen molar-refractivity contribution in [2.24, 2.45) is 5.73 Å². The van der Waals surface area contributed by atoms with Gasteiger partial charge in [0.25, 0.3) is 11.8 Å². The Morgan fingerprint density at radius 2 is 1.88 bits per heavy atom. The van der Waals surface area contributed by atoms with Crippen molar-refractivity contribution in [3.05, 3.63) is 71.5 Å². The van der Waals surface area contributed by atoms with E-state index in [1.54, 1.807) is 0 Å². The number of rotatable bonds is 9. The molecule has 0 spiro atoms. The van der Waals surface area contributed by atoms with Gasteiger partial charge in [-0.2, -0.15) is 13.2 Å². The van der Waals surface area contributed by atoms with Crippen molar-refractivity contribution >= 4 is 11.8 Å². The van der Waals surface area contributed by atoms with Crippen LogP contribution in [0.5, 0.6) is 5.75 Å². The van der Waals surface area contributed by atoms with E-state index < -0.39 is 24.5 Å². The third kappa shape index (κ3) is 6.30. The minimum absolute atomic E-state index is 0.0219. The Morgan fingerprint density at radius 3 is 2.53 bits per heavy atom. The summed E-state index contributed by atoms with van der Waals surface area (Å²) >= 11 is 0. The number of aromatic nitrogens is 3. The van der Waals surface area contributed by atoms with Crippen LogP contribution in [-0.2, 0) is 6.42 Å². The maximum absolute atomic E-state index is 12.4. The molecule has 2 aromatic carbocycles. The number of nitrogens with one attached hydrogen (secondary N) is 1. The van der Waals surface area contributed by atoms with Crippen LogP contribution < -0.4 is 15.8 Å². The highest BCUT2D eigenvalue weighted by Gasteiger charge is 2.28. The Balaban J connectivity index is 1.78. The normalized spacial score (nSPS) is 11.2. The van der Waals surface area contributed by atoms with Gasteiger partial charge in [-0.05, 0) is 36.6 Å². The number of hydrogen-bond donors (Lipinski definition) is 2. The van der Waals surface area contributed by atoms with E-state index in [0.717, 1.165) is 12.0 Å². The van der Waals surface area contributed by atoms with Crippen LogP contribution in [0.4, 0.5) is 13.2 Å². The molecule has 0 aliphatic carbocycles. The van der Waals surface area contributed by atoms with E-state index in [9.17, 15) is 22.8 Å². The van der Waals surface area contributed by atoms with Crippen LogP contribution in [0.25, 0.3) is 5.69 Å². The molecule has 0 unspecified atom stereocenters. The smallest absolute Gasteiger partial charge is 0.405 e. The first-order valence-electron chi connectivity index (χ1n) is 9.61. The van der Waals surface area contributed by atoms with E-state index in [1.807, 2.05) is 35.6 Å². The van der Waals surface area contributed by atoms with Gasteiger partial charge in [-0.1, -0.05) is 35.5 Å². The number of amides is 2. The van der Waals surface area contributed by atoms with Gasteiger partial charge in [-0.15, -0.1) is 5.10 Å². The highest BCUT2D eigenvalue weighted by molar-refractivity contribution is 5.95. The minimum atomic E-state index is -4.53. The lowest BCUT2D eigenvalue weighted by atomic mass is 10.1. The third-order valence-electron chi connectivity index (χ3n) is 4.37. The predicted molar refractivity (Wildman–Crippen MR) is 109 cm³/mol. The van der Waals surface area contributed by atoms with E-state index in [4.69, 9.17) is 10.5 Å². The van der Waals surface area contributed by atoms with Gasteiger partial charge in [0.05, 0.1) is 12.8 Å². The second kappa shape index (κ2) is 9.94. The SMILES string of the molecule is NC(=O)c1cn(-c2ccc(C(=O)NCC(F)(F)F)cc2OCCCc2ccccc2)nn1. The summed E-state index contributed by atoms with van der Waals surface area (Å²) in [4.78, 5) is 23.4. The van der Waals surface area contributed by atoms with Crippen molar-refractivity contribution in [3.63, 3.8) is 0 Å². The lowest BCUT2D eigenvalue weighted by Gasteiger charge is -2.14. The average Bonchev–Trinajstić information content (AvgIpc) is 3.25. The zero-order valence-corrected chi connectivity index (χ0v) is 16.8. The first kappa shape index (κ1) is 22.8. The minimum Gasteiger partial charge on any atom is -0.491 e. The number of carbonyl (C=O) groups is 2. The van der Waals surface area contributed by atoms with Crippen LogP contribution in [0.15, 0.2) is 54.7 Å². The standard InChI is InChI=1S/C21H20F3N5O3/c22-21(23,24)13-26-20(31)15-8-9-17(29-12-16(19(25)30)27-28-29)18(11-15)32-10-4-7-14-5-2-1-3-6-14/h1-3,5-6,8-9,11-12H,4,7,10,13H2,(H2,25,30)(H,26,31). The van der Waals surface area contributed by atoms with Gasteiger partial charge in [-0.3, -0.25) is 9.59 Å². The number of aryl methyl sites for hydroxylation is 1. The largest absolute Gasteiger partial charge is 0.491 e. The third-order valence-corrected chi connectivity index (χ3v) is 4.37. The molecule has 0 fully saturated rings. The summed E-state index contributed by atoms with van der Waals surface area (Å²) in [6.45, 7) is -1.18. The van der Waals surface area contributed by atoms with Crippen LogP contribution in [0.1, 0.15) is 32.8 Å². The van der Waals surface area contributed by atoms with Gasteiger partial charge < -0.3 is 15.8 Å². The molecule has 0 aliphatic heterocycles. The molecule has 1 aromatic heterocycles. The highest BCUT2D eigenvalue weighted by Crippen LogP contribution is 2.25. The monoisotopic (exact) mass is 447 g/mol. The second-order valence-corrected chi connectivity index (χ2v) is 6.83. The van der Waals surface area contributed by atoms with Crippen LogP contribution in [0.3, 0.4) is 0 Å². The Morgan fingerprint density at radius 1 is 1.12 bits per heavy atom. The fourth-order valence-corrected chi connectivity index (χ4v) is 2.84.